The molecule has 1 N–H and O–H groups in total. The predicted molar refractivity (Wildman–Crippen MR) is 87.1 cm³/mol. The van der Waals surface area contributed by atoms with Crippen molar-refractivity contribution in [1.82, 2.24) is 0 Å². The Morgan fingerprint density at radius 2 is 1.70 bits per heavy atom. The summed E-state index contributed by atoms with van der Waals surface area (Å²) >= 11 is 0. The quantitative estimate of drug-likeness (QED) is 0.846. The lowest BCUT2D eigenvalue weighted by molar-refractivity contribution is 0.310. The van der Waals surface area contributed by atoms with Gasteiger partial charge in [-0.25, -0.2) is 0 Å². The van der Waals surface area contributed by atoms with Gasteiger partial charge in [0.2, 0.25) is 0 Å². The molecule has 0 aliphatic carbocycles. The summed E-state index contributed by atoms with van der Waals surface area (Å²) in [4.78, 5) is 0. The van der Waals surface area contributed by atoms with Crippen LogP contribution in [-0.4, -0.2) is 13.2 Å². The van der Waals surface area contributed by atoms with Crippen LogP contribution in [0.5, 0.6) is 5.75 Å². The van der Waals surface area contributed by atoms with Gasteiger partial charge >= 0.3 is 0 Å². The molecule has 1 heterocycles. The first-order valence-electron chi connectivity index (χ1n) is 7.87. The molecule has 0 saturated carbocycles. The zero-order valence-corrected chi connectivity index (χ0v) is 13.9. The fraction of sp³-hybridized carbons (Fsp3) is 0.667. The number of fused-ring (bicyclic) bond motifs is 1. The van der Waals surface area contributed by atoms with Crippen molar-refractivity contribution in [1.29, 1.82) is 0 Å². The standard InChI is InChI=1S/C18H29NO/c1-7-17(3,4)13-11-14(18(5,6)8-2)16-15(12-13)19-9-10-20-16/h11-12,19H,7-10H2,1-6H3. The van der Waals surface area contributed by atoms with Crippen molar-refractivity contribution < 1.29 is 4.74 Å². The van der Waals surface area contributed by atoms with Crippen LogP contribution in [0.15, 0.2) is 12.1 Å². The molecule has 112 valence electrons. The Bertz CT molecular complexity index is 488. The lowest BCUT2D eigenvalue weighted by Crippen LogP contribution is -2.26. The molecule has 0 atom stereocenters. The van der Waals surface area contributed by atoms with Gasteiger partial charge < -0.3 is 10.1 Å². The number of rotatable bonds is 4. The van der Waals surface area contributed by atoms with Crippen molar-refractivity contribution in [3.63, 3.8) is 0 Å². The van der Waals surface area contributed by atoms with Gasteiger partial charge in [0, 0.05) is 12.1 Å². The minimum atomic E-state index is 0.142. The first-order chi connectivity index (χ1) is 9.31. The van der Waals surface area contributed by atoms with Crippen LogP contribution >= 0.6 is 0 Å². The van der Waals surface area contributed by atoms with Gasteiger partial charge in [-0.1, -0.05) is 47.6 Å². The fourth-order valence-corrected chi connectivity index (χ4v) is 2.54. The van der Waals surface area contributed by atoms with E-state index in [0.29, 0.717) is 0 Å². The number of hydrogen-bond donors (Lipinski definition) is 1. The molecule has 20 heavy (non-hydrogen) atoms. The lowest BCUT2D eigenvalue weighted by Gasteiger charge is -2.33. The largest absolute Gasteiger partial charge is 0.489 e. The number of nitrogens with one attached hydrogen (secondary N) is 1. The van der Waals surface area contributed by atoms with Crippen molar-refractivity contribution in [2.45, 2.75) is 65.2 Å². The van der Waals surface area contributed by atoms with Gasteiger partial charge in [0.05, 0.1) is 5.69 Å². The second-order valence-corrected chi connectivity index (χ2v) is 7.15. The molecule has 0 radical (unpaired) electrons. The van der Waals surface area contributed by atoms with E-state index in [0.717, 1.165) is 31.7 Å². The number of ether oxygens (including phenoxy) is 1. The molecular weight excluding hydrogens is 246 g/mol. The van der Waals surface area contributed by atoms with Crippen LogP contribution < -0.4 is 10.1 Å². The van der Waals surface area contributed by atoms with Crippen molar-refractivity contribution in [3.05, 3.63) is 23.3 Å². The van der Waals surface area contributed by atoms with Gasteiger partial charge in [0.1, 0.15) is 12.4 Å². The van der Waals surface area contributed by atoms with Crippen molar-refractivity contribution >= 4 is 5.69 Å². The summed E-state index contributed by atoms with van der Waals surface area (Å²) in [6.45, 7) is 15.4. The maximum atomic E-state index is 5.98. The van der Waals surface area contributed by atoms with Gasteiger partial charge in [0.15, 0.2) is 0 Å². The molecular formula is C18H29NO. The molecule has 2 heteroatoms. The zero-order valence-electron chi connectivity index (χ0n) is 13.9. The van der Waals surface area contributed by atoms with E-state index in [1.165, 1.54) is 16.8 Å². The second-order valence-electron chi connectivity index (χ2n) is 7.15. The monoisotopic (exact) mass is 275 g/mol. The first-order valence-corrected chi connectivity index (χ1v) is 7.87. The highest BCUT2D eigenvalue weighted by molar-refractivity contribution is 5.65. The number of anilines is 1. The van der Waals surface area contributed by atoms with Gasteiger partial charge in [-0.15, -0.1) is 0 Å². The summed E-state index contributed by atoms with van der Waals surface area (Å²) in [5.74, 6) is 1.07. The van der Waals surface area contributed by atoms with Crippen LogP contribution in [0.2, 0.25) is 0 Å². The molecule has 1 aromatic carbocycles. The van der Waals surface area contributed by atoms with Crippen molar-refractivity contribution in [2.24, 2.45) is 0 Å². The summed E-state index contributed by atoms with van der Waals surface area (Å²) in [5, 5.41) is 3.51. The van der Waals surface area contributed by atoms with E-state index in [2.05, 4.69) is 59.0 Å². The van der Waals surface area contributed by atoms with E-state index in [1.807, 2.05) is 0 Å². The topological polar surface area (TPSA) is 21.3 Å². The van der Waals surface area contributed by atoms with Gasteiger partial charge in [-0.2, -0.15) is 0 Å². The minimum absolute atomic E-state index is 0.142. The van der Waals surface area contributed by atoms with Crippen LogP contribution in [0.3, 0.4) is 0 Å². The molecule has 0 amide bonds. The second kappa shape index (κ2) is 5.31. The van der Waals surface area contributed by atoms with Gasteiger partial charge in [0.25, 0.3) is 0 Å². The van der Waals surface area contributed by atoms with E-state index in [1.54, 1.807) is 0 Å². The first kappa shape index (κ1) is 15.2. The highest BCUT2D eigenvalue weighted by Gasteiger charge is 2.29. The van der Waals surface area contributed by atoms with E-state index >= 15 is 0 Å². The summed E-state index contributed by atoms with van der Waals surface area (Å²) < 4.78 is 5.98. The van der Waals surface area contributed by atoms with E-state index in [4.69, 9.17) is 4.74 Å². The van der Waals surface area contributed by atoms with Gasteiger partial charge in [-0.3, -0.25) is 0 Å². The Labute approximate surface area is 123 Å². The van der Waals surface area contributed by atoms with Crippen LogP contribution in [0.1, 0.15) is 65.5 Å². The summed E-state index contributed by atoms with van der Waals surface area (Å²) in [6.07, 6.45) is 2.25. The molecule has 1 aliphatic rings. The molecule has 0 unspecified atom stereocenters. The molecule has 2 rings (SSSR count). The average molecular weight is 275 g/mol. The zero-order chi connectivity index (χ0) is 15.0. The molecule has 2 nitrogen and oxygen atoms in total. The Morgan fingerprint density at radius 3 is 2.30 bits per heavy atom. The van der Waals surface area contributed by atoms with E-state index < -0.39 is 0 Å². The smallest absolute Gasteiger partial charge is 0.146 e. The SMILES string of the molecule is CCC(C)(C)c1cc2c(c(C(C)(C)CC)c1)OCCN2. The molecule has 1 aliphatic heterocycles. The van der Waals surface area contributed by atoms with E-state index in [9.17, 15) is 0 Å². The lowest BCUT2D eigenvalue weighted by atomic mass is 9.75. The third-order valence-corrected chi connectivity index (χ3v) is 5.03. The molecule has 1 aromatic rings. The molecule has 0 bridgehead atoms. The maximum Gasteiger partial charge on any atom is 0.146 e. The summed E-state index contributed by atoms with van der Waals surface area (Å²) in [7, 11) is 0. The van der Waals surface area contributed by atoms with Crippen molar-refractivity contribution in [3.8, 4) is 5.75 Å². The van der Waals surface area contributed by atoms with Crippen LogP contribution in [-0.2, 0) is 10.8 Å². The van der Waals surface area contributed by atoms with Crippen LogP contribution in [0.4, 0.5) is 5.69 Å². The Kier molecular flexibility index (Phi) is 4.04. The third kappa shape index (κ3) is 2.65. The number of hydrogen-bond acceptors (Lipinski definition) is 2. The highest BCUT2D eigenvalue weighted by Crippen LogP contribution is 2.43. The van der Waals surface area contributed by atoms with Gasteiger partial charge in [-0.05, 0) is 35.3 Å². The molecule has 0 fully saturated rings. The molecule has 0 saturated heterocycles. The summed E-state index contributed by atoms with van der Waals surface area (Å²) in [6, 6.07) is 4.66. The van der Waals surface area contributed by atoms with Crippen LogP contribution in [0.25, 0.3) is 0 Å². The Morgan fingerprint density at radius 1 is 1.05 bits per heavy atom. The molecule has 0 aromatic heterocycles. The third-order valence-electron chi connectivity index (χ3n) is 5.03. The number of benzene rings is 1. The minimum Gasteiger partial charge on any atom is -0.489 e. The normalized spacial score (nSPS) is 15.3. The highest BCUT2D eigenvalue weighted by atomic mass is 16.5. The van der Waals surface area contributed by atoms with Crippen molar-refractivity contribution in [2.75, 3.05) is 18.5 Å². The average Bonchev–Trinajstić information content (AvgIpc) is 2.45. The van der Waals surface area contributed by atoms with Crippen LogP contribution in [0, 0.1) is 0 Å². The summed E-state index contributed by atoms with van der Waals surface area (Å²) in [5.41, 5.74) is 4.27. The van der Waals surface area contributed by atoms with E-state index in [-0.39, 0.29) is 10.8 Å². The fourth-order valence-electron chi connectivity index (χ4n) is 2.54. The Hall–Kier alpha value is -1.18. The maximum absolute atomic E-state index is 5.98. The Balaban J connectivity index is 2.62. The predicted octanol–water partition coefficient (Wildman–Crippen LogP) is 4.87. The molecule has 0 spiro atoms.